The van der Waals surface area contributed by atoms with Gasteiger partial charge in [0.15, 0.2) is 0 Å². The molecule has 1 aromatic carbocycles. The van der Waals surface area contributed by atoms with Crippen LogP contribution in [-0.2, 0) is 0 Å². The van der Waals surface area contributed by atoms with Crippen LogP contribution in [0.3, 0.4) is 0 Å². The third kappa shape index (κ3) is 2.91. The highest BCUT2D eigenvalue weighted by atomic mass is 16.1. The van der Waals surface area contributed by atoms with Gasteiger partial charge in [-0.1, -0.05) is 25.7 Å². The van der Waals surface area contributed by atoms with Crippen molar-refractivity contribution >= 4 is 5.91 Å². The maximum absolute atomic E-state index is 11.9. The fraction of sp³-hybridized carbons (Fsp3) is 0.400. The van der Waals surface area contributed by atoms with Gasteiger partial charge in [0, 0.05) is 17.2 Å². The molecule has 0 radical (unpaired) electrons. The molecule has 1 atom stereocenters. The van der Waals surface area contributed by atoms with Gasteiger partial charge in [-0.2, -0.15) is 0 Å². The smallest absolute Gasteiger partial charge is 0.251 e. The molecule has 0 saturated heterocycles. The standard InChI is InChI=1S/C15H18N2O/c1-15(2)10-13(15)17-14(18)12-7-5-11(6-8-12)4-3-9-16/h5-8,13H,9-10,16H2,1-2H3,(H,17,18). The van der Waals surface area contributed by atoms with Crippen LogP contribution in [0, 0.1) is 17.3 Å². The fourth-order valence-corrected chi connectivity index (χ4v) is 1.81. The molecule has 0 heterocycles. The number of rotatable bonds is 2. The number of amides is 1. The molecule has 3 heteroatoms. The summed E-state index contributed by atoms with van der Waals surface area (Å²) in [6.07, 6.45) is 1.05. The van der Waals surface area contributed by atoms with Crippen LogP contribution in [0.4, 0.5) is 0 Å². The van der Waals surface area contributed by atoms with Crippen molar-refractivity contribution in [1.29, 1.82) is 0 Å². The number of carbonyl (C=O) groups is 1. The van der Waals surface area contributed by atoms with Gasteiger partial charge in [0.1, 0.15) is 0 Å². The van der Waals surface area contributed by atoms with Gasteiger partial charge in [-0.3, -0.25) is 4.79 Å². The minimum Gasteiger partial charge on any atom is -0.349 e. The van der Waals surface area contributed by atoms with E-state index in [2.05, 4.69) is 31.0 Å². The summed E-state index contributed by atoms with van der Waals surface area (Å²) in [7, 11) is 0. The first-order valence-corrected chi connectivity index (χ1v) is 6.13. The highest BCUT2D eigenvalue weighted by Gasteiger charge is 2.46. The van der Waals surface area contributed by atoms with Crippen LogP contribution in [-0.4, -0.2) is 18.5 Å². The van der Waals surface area contributed by atoms with Crippen LogP contribution in [0.15, 0.2) is 24.3 Å². The third-order valence-corrected chi connectivity index (χ3v) is 3.30. The van der Waals surface area contributed by atoms with Crippen molar-refractivity contribution in [3.8, 4) is 11.8 Å². The predicted molar refractivity (Wildman–Crippen MR) is 72.0 cm³/mol. The summed E-state index contributed by atoms with van der Waals surface area (Å²) in [4.78, 5) is 11.9. The maximum atomic E-state index is 11.9. The van der Waals surface area contributed by atoms with Crippen molar-refractivity contribution in [2.24, 2.45) is 11.1 Å². The van der Waals surface area contributed by atoms with Crippen molar-refractivity contribution in [2.45, 2.75) is 26.3 Å². The zero-order valence-electron chi connectivity index (χ0n) is 10.8. The predicted octanol–water partition coefficient (Wildman–Crippen LogP) is 1.53. The Balaban J connectivity index is 1.99. The second-order valence-corrected chi connectivity index (χ2v) is 5.30. The van der Waals surface area contributed by atoms with Gasteiger partial charge in [0.25, 0.3) is 5.91 Å². The zero-order valence-corrected chi connectivity index (χ0v) is 10.8. The van der Waals surface area contributed by atoms with E-state index in [1.165, 1.54) is 0 Å². The van der Waals surface area contributed by atoms with Crippen molar-refractivity contribution in [2.75, 3.05) is 6.54 Å². The van der Waals surface area contributed by atoms with Crippen LogP contribution in [0.2, 0.25) is 0 Å². The maximum Gasteiger partial charge on any atom is 0.251 e. The number of nitrogens with one attached hydrogen (secondary N) is 1. The summed E-state index contributed by atoms with van der Waals surface area (Å²) < 4.78 is 0. The van der Waals surface area contributed by atoms with E-state index in [4.69, 9.17) is 5.73 Å². The molecule has 0 spiro atoms. The van der Waals surface area contributed by atoms with E-state index in [0.29, 0.717) is 18.2 Å². The Bertz CT molecular complexity index is 506. The van der Waals surface area contributed by atoms with Gasteiger partial charge in [-0.15, -0.1) is 0 Å². The molecule has 2 rings (SSSR count). The summed E-state index contributed by atoms with van der Waals surface area (Å²) in [6, 6.07) is 7.59. The molecule has 1 aliphatic rings. The molecule has 0 bridgehead atoms. The molecule has 18 heavy (non-hydrogen) atoms. The second-order valence-electron chi connectivity index (χ2n) is 5.30. The Kier molecular flexibility index (Phi) is 3.40. The van der Waals surface area contributed by atoms with E-state index < -0.39 is 0 Å². The molecule has 1 unspecified atom stereocenters. The lowest BCUT2D eigenvalue weighted by molar-refractivity contribution is 0.0946. The molecule has 3 nitrogen and oxygen atoms in total. The lowest BCUT2D eigenvalue weighted by atomic mass is 10.1. The van der Waals surface area contributed by atoms with Crippen LogP contribution >= 0.6 is 0 Å². The van der Waals surface area contributed by atoms with Gasteiger partial charge < -0.3 is 11.1 Å². The number of hydrogen-bond donors (Lipinski definition) is 2. The number of benzene rings is 1. The molecule has 1 aromatic rings. The molecular formula is C15H18N2O. The van der Waals surface area contributed by atoms with E-state index in [9.17, 15) is 4.79 Å². The van der Waals surface area contributed by atoms with E-state index in [-0.39, 0.29) is 11.3 Å². The van der Waals surface area contributed by atoms with Gasteiger partial charge in [-0.05, 0) is 36.1 Å². The quantitative estimate of drug-likeness (QED) is 0.773. The second kappa shape index (κ2) is 4.83. The Morgan fingerprint density at radius 1 is 1.44 bits per heavy atom. The molecule has 1 fully saturated rings. The summed E-state index contributed by atoms with van der Waals surface area (Å²) >= 11 is 0. The van der Waals surface area contributed by atoms with Crippen molar-refractivity contribution in [3.05, 3.63) is 35.4 Å². The molecular weight excluding hydrogens is 224 g/mol. The van der Waals surface area contributed by atoms with Gasteiger partial charge in [0.05, 0.1) is 6.54 Å². The Morgan fingerprint density at radius 3 is 2.56 bits per heavy atom. The number of nitrogens with two attached hydrogens (primary N) is 1. The Labute approximate surface area is 108 Å². The highest BCUT2D eigenvalue weighted by molar-refractivity contribution is 5.94. The van der Waals surface area contributed by atoms with Gasteiger partial charge in [-0.25, -0.2) is 0 Å². The van der Waals surface area contributed by atoms with E-state index in [0.717, 1.165) is 12.0 Å². The molecule has 0 aliphatic heterocycles. The first-order valence-electron chi connectivity index (χ1n) is 6.13. The average Bonchev–Trinajstić information content (AvgIpc) is 2.94. The lowest BCUT2D eigenvalue weighted by Crippen LogP contribution is -2.28. The minimum absolute atomic E-state index is 0.0103. The van der Waals surface area contributed by atoms with E-state index in [1.54, 1.807) is 12.1 Å². The van der Waals surface area contributed by atoms with Crippen molar-refractivity contribution in [3.63, 3.8) is 0 Å². The first kappa shape index (κ1) is 12.7. The summed E-state index contributed by atoms with van der Waals surface area (Å²) in [5.74, 6) is 5.70. The summed E-state index contributed by atoms with van der Waals surface area (Å²) in [6.45, 7) is 4.66. The van der Waals surface area contributed by atoms with E-state index in [1.807, 2.05) is 12.1 Å². The number of carbonyl (C=O) groups excluding carboxylic acids is 1. The minimum atomic E-state index is -0.0103. The van der Waals surface area contributed by atoms with E-state index >= 15 is 0 Å². The van der Waals surface area contributed by atoms with Gasteiger partial charge >= 0.3 is 0 Å². The molecule has 1 amide bonds. The van der Waals surface area contributed by atoms with Crippen molar-refractivity contribution < 1.29 is 4.79 Å². The van der Waals surface area contributed by atoms with Crippen LogP contribution in [0.25, 0.3) is 0 Å². The van der Waals surface area contributed by atoms with Crippen LogP contribution in [0.1, 0.15) is 36.2 Å². The molecule has 94 valence electrons. The van der Waals surface area contributed by atoms with Crippen LogP contribution in [0.5, 0.6) is 0 Å². The summed E-state index contributed by atoms with van der Waals surface area (Å²) in [5, 5.41) is 3.03. The van der Waals surface area contributed by atoms with Crippen LogP contribution < -0.4 is 11.1 Å². The Morgan fingerprint density at radius 2 is 2.06 bits per heavy atom. The summed E-state index contributed by atoms with van der Waals surface area (Å²) in [5.41, 5.74) is 7.11. The monoisotopic (exact) mass is 242 g/mol. The fourth-order valence-electron chi connectivity index (χ4n) is 1.81. The lowest BCUT2D eigenvalue weighted by Gasteiger charge is -2.06. The molecule has 1 saturated carbocycles. The largest absolute Gasteiger partial charge is 0.349 e. The SMILES string of the molecule is CC1(C)CC1NC(=O)c1ccc(C#CCN)cc1. The van der Waals surface area contributed by atoms with Gasteiger partial charge in [0.2, 0.25) is 0 Å². The van der Waals surface area contributed by atoms with Crippen molar-refractivity contribution in [1.82, 2.24) is 5.32 Å². The average molecular weight is 242 g/mol. The Hall–Kier alpha value is -1.79. The third-order valence-electron chi connectivity index (χ3n) is 3.30. The number of hydrogen-bond acceptors (Lipinski definition) is 2. The topological polar surface area (TPSA) is 55.1 Å². The molecule has 0 aromatic heterocycles. The first-order chi connectivity index (χ1) is 8.53. The molecule has 1 aliphatic carbocycles. The molecule has 3 N–H and O–H groups in total. The zero-order chi connectivity index (χ0) is 13.2. The highest BCUT2D eigenvalue weighted by Crippen LogP contribution is 2.44. The normalized spacial score (nSPS) is 19.6.